The molecule has 21 heavy (non-hydrogen) atoms. The fourth-order valence-electron chi connectivity index (χ4n) is 2.00. The predicted molar refractivity (Wildman–Crippen MR) is 73.6 cm³/mol. The van der Waals surface area contributed by atoms with E-state index in [1.807, 2.05) is 6.92 Å². The van der Waals surface area contributed by atoms with E-state index in [0.29, 0.717) is 6.42 Å². The Morgan fingerprint density at radius 1 is 1.38 bits per heavy atom. The molecule has 2 aromatic rings. The van der Waals surface area contributed by atoms with E-state index >= 15 is 0 Å². The van der Waals surface area contributed by atoms with Crippen molar-refractivity contribution in [1.29, 1.82) is 0 Å². The van der Waals surface area contributed by atoms with Crippen molar-refractivity contribution in [3.63, 3.8) is 0 Å². The van der Waals surface area contributed by atoms with Gasteiger partial charge in [-0.15, -0.1) is 10.2 Å². The van der Waals surface area contributed by atoms with Crippen molar-refractivity contribution < 1.29 is 17.5 Å². The van der Waals surface area contributed by atoms with E-state index in [9.17, 15) is 12.8 Å². The number of benzene rings is 1. The summed E-state index contributed by atoms with van der Waals surface area (Å²) in [6.07, 6.45) is 0.602. The van der Waals surface area contributed by atoms with E-state index in [4.69, 9.17) is 9.88 Å². The number of primary sulfonamides is 1. The molecule has 0 unspecified atom stereocenters. The quantitative estimate of drug-likeness (QED) is 0.892. The molecule has 0 atom stereocenters. The predicted octanol–water partition coefficient (Wildman–Crippen LogP) is 1.15. The normalized spacial score (nSPS) is 11.6. The largest absolute Gasteiger partial charge is 0.496 e. The van der Waals surface area contributed by atoms with Crippen LogP contribution < -0.4 is 9.88 Å². The van der Waals surface area contributed by atoms with Gasteiger partial charge in [-0.2, -0.15) is 0 Å². The Balaban J connectivity index is 2.74. The number of nitrogens with zero attached hydrogens (tertiary/aromatic N) is 3. The summed E-state index contributed by atoms with van der Waals surface area (Å²) < 4.78 is 43.6. The van der Waals surface area contributed by atoms with Gasteiger partial charge in [-0.05, 0) is 18.6 Å². The molecular weight excluding hydrogens is 299 g/mol. The number of aromatic nitrogens is 3. The van der Waals surface area contributed by atoms with Gasteiger partial charge < -0.3 is 4.74 Å². The Bertz CT molecular complexity index is 758. The Kier molecular flexibility index (Phi) is 4.24. The Morgan fingerprint density at radius 2 is 2.10 bits per heavy atom. The van der Waals surface area contributed by atoms with Crippen molar-refractivity contribution in [2.45, 2.75) is 25.0 Å². The maximum atomic E-state index is 14.1. The molecule has 2 rings (SSSR count). The van der Waals surface area contributed by atoms with Gasteiger partial charge in [-0.25, -0.2) is 17.9 Å². The monoisotopic (exact) mass is 314 g/mol. The Labute approximate surface area is 121 Å². The summed E-state index contributed by atoms with van der Waals surface area (Å²) in [6.45, 7) is 2.13. The van der Waals surface area contributed by atoms with Crippen LogP contribution in [0, 0.1) is 5.82 Å². The van der Waals surface area contributed by atoms with Gasteiger partial charge in [0.25, 0.3) is 15.2 Å². The zero-order valence-electron chi connectivity index (χ0n) is 11.6. The maximum absolute atomic E-state index is 14.1. The molecule has 0 spiro atoms. The number of hydrogen-bond donors (Lipinski definition) is 1. The average molecular weight is 314 g/mol. The number of sulfonamides is 1. The number of ether oxygens (including phenoxy) is 1. The van der Waals surface area contributed by atoms with Gasteiger partial charge in [0.15, 0.2) is 5.82 Å². The van der Waals surface area contributed by atoms with Crippen LogP contribution in [-0.2, 0) is 16.6 Å². The first-order chi connectivity index (χ1) is 9.90. The molecular formula is C12H15FN4O3S. The van der Waals surface area contributed by atoms with Crippen LogP contribution in [0.5, 0.6) is 5.75 Å². The highest BCUT2D eigenvalue weighted by atomic mass is 32.2. The summed E-state index contributed by atoms with van der Waals surface area (Å²) in [5.74, 6) is -0.281. The number of methoxy groups -OCH3 is 1. The summed E-state index contributed by atoms with van der Waals surface area (Å²) in [5.41, 5.74) is 0.0517. The van der Waals surface area contributed by atoms with Gasteiger partial charge in [0.2, 0.25) is 0 Å². The van der Waals surface area contributed by atoms with Crippen LogP contribution in [0.1, 0.15) is 13.3 Å². The number of rotatable bonds is 5. The lowest BCUT2D eigenvalue weighted by Gasteiger charge is -2.11. The van der Waals surface area contributed by atoms with Crippen LogP contribution >= 0.6 is 0 Å². The highest BCUT2D eigenvalue weighted by Gasteiger charge is 2.25. The molecule has 0 aliphatic carbocycles. The van der Waals surface area contributed by atoms with E-state index in [-0.39, 0.29) is 23.7 Å². The van der Waals surface area contributed by atoms with E-state index in [1.165, 1.54) is 23.8 Å². The van der Waals surface area contributed by atoms with E-state index in [0.717, 1.165) is 0 Å². The van der Waals surface area contributed by atoms with Crippen molar-refractivity contribution in [2.24, 2.45) is 5.14 Å². The molecule has 1 aromatic heterocycles. The zero-order chi connectivity index (χ0) is 15.6. The van der Waals surface area contributed by atoms with Gasteiger partial charge in [0, 0.05) is 6.54 Å². The number of hydrogen-bond acceptors (Lipinski definition) is 5. The molecule has 9 heteroatoms. The second-order valence-corrected chi connectivity index (χ2v) is 5.78. The molecule has 114 valence electrons. The molecule has 0 saturated carbocycles. The third kappa shape index (κ3) is 2.88. The van der Waals surface area contributed by atoms with Gasteiger partial charge >= 0.3 is 0 Å². The van der Waals surface area contributed by atoms with Crippen molar-refractivity contribution in [3.8, 4) is 17.1 Å². The van der Waals surface area contributed by atoms with Crippen LogP contribution in [0.4, 0.5) is 4.39 Å². The van der Waals surface area contributed by atoms with Gasteiger partial charge in [-0.1, -0.05) is 13.0 Å². The third-order valence-corrected chi connectivity index (χ3v) is 3.65. The standard InChI is InChI=1S/C12H15FN4O3S/c1-3-7-17-11(15-16-12(17)21(14,18)19)10-8(13)5-4-6-9(10)20-2/h4-6H,3,7H2,1-2H3,(H2,14,18,19). The molecule has 2 N–H and O–H groups in total. The summed E-state index contributed by atoms with van der Waals surface area (Å²) >= 11 is 0. The molecule has 0 aliphatic rings. The molecule has 0 bridgehead atoms. The molecule has 0 radical (unpaired) electrons. The molecule has 1 aromatic carbocycles. The van der Waals surface area contributed by atoms with Crippen LogP contribution in [0.15, 0.2) is 23.4 Å². The lowest BCUT2D eigenvalue weighted by molar-refractivity contribution is 0.412. The summed E-state index contributed by atoms with van der Waals surface area (Å²) in [6, 6.07) is 4.28. The highest BCUT2D eigenvalue weighted by Crippen LogP contribution is 2.32. The molecule has 0 aliphatic heterocycles. The molecule has 0 saturated heterocycles. The second kappa shape index (κ2) is 5.78. The van der Waals surface area contributed by atoms with Crippen molar-refractivity contribution in [3.05, 3.63) is 24.0 Å². The van der Waals surface area contributed by atoms with Gasteiger partial charge in [0.1, 0.15) is 11.6 Å². The zero-order valence-corrected chi connectivity index (χ0v) is 12.4. The van der Waals surface area contributed by atoms with Crippen molar-refractivity contribution >= 4 is 10.0 Å². The first kappa shape index (κ1) is 15.4. The number of nitrogens with two attached hydrogens (primary N) is 1. The molecule has 0 fully saturated rings. The minimum Gasteiger partial charge on any atom is -0.496 e. The topological polar surface area (TPSA) is 100 Å². The second-order valence-electron chi connectivity index (χ2n) is 4.32. The molecule has 0 amide bonds. The van der Waals surface area contributed by atoms with E-state index in [2.05, 4.69) is 10.2 Å². The summed E-state index contributed by atoms with van der Waals surface area (Å²) in [5, 5.41) is 12.1. The van der Waals surface area contributed by atoms with E-state index in [1.54, 1.807) is 6.07 Å². The first-order valence-electron chi connectivity index (χ1n) is 6.19. The number of halogens is 1. The third-order valence-electron chi connectivity index (χ3n) is 2.84. The van der Waals surface area contributed by atoms with Crippen molar-refractivity contribution in [2.75, 3.05) is 7.11 Å². The van der Waals surface area contributed by atoms with E-state index < -0.39 is 21.0 Å². The lowest BCUT2D eigenvalue weighted by atomic mass is 10.1. The fraction of sp³-hybridized carbons (Fsp3) is 0.333. The van der Waals surface area contributed by atoms with Crippen LogP contribution in [0.25, 0.3) is 11.4 Å². The Hall–Kier alpha value is -2.00. The molecule has 1 heterocycles. The van der Waals surface area contributed by atoms with Gasteiger partial charge in [0.05, 0.1) is 12.7 Å². The van der Waals surface area contributed by atoms with Crippen LogP contribution in [-0.4, -0.2) is 30.3 Å². The SMILES string of the molecule is CCCn1c(-c2c(F)cccc2OC)nnc1S(N)(=O)=O. The smallest absolute Gasteiger partial charge is 0.273 e. The summed E-state index contributed by atoms with van der Waals surface area (Å²) in [7, 11) is -2.66. The lowest BCUT2D eigenvalue weighted by Crippen LogP contribution is -2.19. The molecule has 7 nitrogen and oxygen atoms in total. The minimum absolute atomic E-state index is 0.0517. The van der Waals surface area contributed by atoms with Crippen LogP contribution in [0.2, 0.25) is 0 Å². The summed E-state index contributed by atoms with van der Waals surface area (Å²) in [4.78, 5) is 0. The average Bonchev–Trinajstić information content (AvgIpc) is 2.82. The van der Waals surface area contributed by atoms with Gasteiger partial charge in [-0.3, -0.25) is 4.57 Å². The minimum atomic E-state index is -4.05. The van der Waals surface area contributed by atoms with Crippen molar-refractivity contribution in [1.82, 2.24) is 14.8 Å². The highest BCUT2D eigenvalue weighted by molar-refractivity contribution is 7.89. The maximum Gasteiger partial charge on any atom is 0.273 e. The Morgan fingerprint density at radius 3 is 2.67 bits per heavy atom. The fourth-order valence-corrected chi connectivity index (χ4v) is 2.64. The first-order valence-corrected chi connectivity index (χ1v) is 7.73. The van der Waals surface area contributed by atoms with Crippen LogP contribution in [0.3, 0.4) is 0 Å².